The number of carbonyl (C=O) groups excluding carboxylic acids is 2. The highest BCUT2D eigenvalue weighted by Crippen LogP contribution is 2.34. The molecule has 2 aromatic carbocycles. The summed E-state index contributed by atoms with van der Waals surface area (Å²) >= 11 is 9.15. The van der Waals surface area contributed by atoms with E-state index in [0.717, 1.165) is 20.9 Å². The van der Waals surface area contributed by atoms with Crippen LogP contribution < -0.4 is 4.74 Å². The average Bonchev–Trinajstić information content (AvgIpc) is 2.90. The van der Waals surface area contributed by atoms with Crippen LogP contribution in [0.3, 0.4) is 0 Å². The van der Waals surface area contributed by atoms with Gasteiger partial charge in [-0.25, -0.2) is 4.79 Å². The molecule has 0 bridgehead atoms. The highest BCUT2D eigenvalue weighted by molar-refractivity contribution is 14.1. The number of carboxylic acids is 1. The van der Waals surface area contributed by atoms with E-state index in [1.165, 1.54) is 11.0 Å². The minimum atomic E-state index is -1.11. The van der Waals surface area contributed by atoms with Gasteiger partial charge in [-0.05, 0) is 75.8 Å². The van der Waals surface area contributed by atoms with Crippen LogP contribution in [0.25, 0.3) is 6.08 Å². The molecule has 1 aliphatic rings. The van der Waals surface area contributed by atoms with E-state index >= 15 is 0 Å². The lowest BCUT2D eigenvalue weighted by molar-refractivity contribution is -0.139. The minimum absolute atomic E-state index is 0.210. The Balaban J connectivity index is 1.75. The predicted molar refractivity (Wildman–Crippen MR) is 115 cm³/mol. The standard InChI is InChI=1S/C19H13ClINO5S/c20-14-7-12(3-6-15(14)27-10-17(23)24)8-16-18(25)22(19(26)28-16)9-11-1-4-13(21)5-2-11/h1-8H,9-10H2,(H,23,24)/b16-8-. The Labute approximate surface area is 183 Å². The first-order chi connectivity index (χ1) is 13.3. The summed E-state index contributed by atoms with van der Waals surface area (Å²) in [5.74, 6) is -1.24. The molecule has 0 spiro atoms. The molecule has 0 aliphatic carbocycles. The van der Waals surface area contributed by atoms with Crippen LogP contribution in [0.4, 0.5) is 4.79 Å². The number of rotatable bonds is 6. The predicted octanol–water partition coefficient (Wildman–Crippen LogP) is 4.64. The summed E-state index contributed by atoms with van der Waals surface area (Å²) < 4.78 is 6.14. The first-order valence-electron chi connectivity index (χ1n) is 7.97. The van der Waals surface area contributed by atoms with Gasteiger partial charge in [-0.1, -0.05) is 29.8 Å². The number of benzene rings is 2. The first kappa shape index (κ1) is 20.7. The molecule has 1 saturated heterocycles. The number of hydrogen-bond acceptors (Lipinski definition) is 5. The van der Waals surface area contributed by atoms with Crippen LogP contribution in [0.5, 0.6) is 5.75 Å². The first-order valence-corrected chi connectivity index (χ1v) is 10.2. The monoisotopic (exact) mass is 529 g/mol. The van der Waals surface area contributed by atoms with Crippen molar-refractivity contribution in [2.24, 2.45) is 0 Å². The van der Waals surface area contributed by atoms with Crippen LogP contribution in [0.1, 0.15) is 11.1 Å². The normalized spacial score (nSPS) is 15.4. The van der Waals surface area contributed by atoms with Gasteiger partial charge in [-0.15, -0.1) is 0 Å². The third-order valence-corrected chi connectivity index (χ3v) is 5.65. The summed E-state index contributed by atoms with van der Waals surface area (Å²) in [5, 5.41) is 8.54. The fraction of sp³-hybridized carbons (Fsp3) is 0.105. The van der Waals surface area contributed by atoms with Gasteiger partial charge >= 0.3 is 5.97 Å². The molecule has 2 aromatic rings. The van der Waals surface area contributed by atoms with Crippen molar-refractivity contribution in [1.82, 2.24) is 4.90 Å². The fourth-order valence-corrected chi connectivity index (χ4v) is 3.86. The second-order valence-electron chi connectivity index (χ2n) is 5.77. The van der Waals surface area contributed by atoms with Gasteiger partial charge < -0.3 is 9.84 Å². The van der Waals surface area contributed by atoms with Crippen LogP contribution in [0.15, 0.2) is 47.4 Å². The van der Waals surface area contributed by atoms with E-state index in [1.807, 2.05) is 24.3 Å². The van der Waals surface area contributed by atoms with Gasteiger partial charge in [0.1, 0.15) is 5.75 Å². The van der Waals surface area contributed by atoms with Crippen molar-refractivity contribution < 1.29 is 24.2 Å². The number of imide groups is 1. The van der Waals surface area contributed by atoms with Crippen LogP contribution >= 0.6 is 46.0 Å². The number of aliphatic carboxylic acids is 1. The molecule has 144 valence electrons. The van der Waals surface area contributed by atoms with Crippen molar-refractivity contribution in [2.45, 2.75) is 6.54 Å². The maximum absolute atomic E-state index is 12.6. The molecule has 1 fully saturated rings. The average molecular weight is 530 g/mol. The number of carboxylic acid groups (broad SMARTS) is 1. The summed E-state index contributed by atoms with van der Waals surface area (Å²) in [4.78, 5) is 36.9. The largest absolute Gasteiger partial charge is 0.480 e. The molecule has 6 nitrogen and oxygen atoms in total. The van der Waals surface area contributed by atoms with Gasteiger partial charge in [0, 0.05) is 3.57 Å². The molecule has 9 heteroatoms. The molecule has 2 amide bonds. The van der Waals surface area contributed by atoms with Crippen molar-refractivity contribution in [2.75, 3.05) is 6.61 Å². The highest BCUT2D eigenvalue weighted by atomic mass is 127. The van der Waals surface area contributed by atoms with Crippen molar-refractivity contribution >= 4 is 69.1 Å². The van der Waals surface area contributed by atoms with Crippen molar-refractivity contribution in [3.8, 4) is 5.75 Å². The number of halogens is 2. The summed E-state index contributed by atoms with van der Waals surface area (Å²) in [6.07, 6.45) is 1.58. The van der Waals surface area contributed by atoms with Crippen LogP contribution in [0, 0.1) is 3.57 Å². The van der Waals surface area contributed by atoms with E-state index in [9.17, 15) is 14.4 Å². The number of amides is 2. The number of carbonyl (C=O) groups is 3. The highest BCUT2D eigenvalue weighted by Gasteiger charge is 2.35. The topological polar surface area (TPSA) is 83.9 Å². The van der Waals surface area contributed by atoms with E-state index < -0.39 is 12.6 Å². The van der Waals surface area contributed by atoms with E-state index in [0.29, 0.717) is 10.5 Å². The zero-order chi connectivity index (χ0) is 20.3. The Hall–Kier alpha value is -2.04. The summed E-state index contributed by atoms with van der Waals surface area (Å²) in [5.41, 5.74) is 1.47. The minimum Gasteiger partial charge on any atom is -0.480 e. The van der Waals surface area contributed by atoms with Gasteiger partial charge in [0.25, 0.3) is 11.1 Å². The Kier molecular flexibility index (Phi) is 6.63. The van der Waals surface area contributed by atoms with Crippen LogP contribution in [0.2, 0.25) is 5.02 Å². The summed E-state index contributed by atoms with van der Waals surface area (Å²) in [6.45, 7) is -0.294. The van der Waals surface area contributed by atoms with Gasteiger partial charge in [0.05, 0.1) is 16.5 Å². The molecular formula is C19H13ClINO5S. The summed E-state index contributed by atoms with van der Waals surface area (Å²) in [6, 6.07) is 12.3. The maximum atomic E-state index is 12.6. The van der Waals surface area contributed by atoms with E-state index in [2.05, 4.69) is 22.6 Å². The summed E-state index contributed by atoms with van der Waals surface area (Å²) in [7, 11) is 0. The van der Waals surface area contributed by atoms with Crippen molar-refractivity contribution in [1.29, 1.82) is 0 Å². The number of hydrogen-bond donors (Lipinski definition) is 1. The third-order valence-electron chi connectivity index (χ3n) is 3.73. The van der Waals surface area contributed by atoms with E-state index in [1.54, 1.807) is 18.2 Å². The van der Waals surface area contributed by atoms with Crippen LogP contribution in [-0.4, -0.2) is 33.7 Å². The number of ether oxygens (including phenoxy) is 1. The molecular weight excluding hydrogens is 517 g/mol. The second-order valence-corrected chi connectivity index (χ2v) is 8.41. The lowest BCUT2D eigenvalue weighted by atomic mass is 10.2. The molecule has 1 heterocycles. The smallest absolute Gasteiger partial charge is 0.341 e. The maximum Gasteiger partial charge on any atom is 0.341 e. The second kappa shape index (κ2) is 8.97. The Morgan fingerprint density at radius 3 is 2.57 bits per heavy atom. The molecule has 0 atom stereocenters. The van der Waals surface area contributed by atoms with Gasteiger partial charge in [0.2, 0.25) is 0 Å². The zero-order valence-electron chi connectivity index (χ0n) is 14.2. The molecule has 0 unspecified atom stereocenters. The molecule has 1 aliphatic heterocycles. The number of nitrogens with zero attached hydrogens (tertiary/aromatic N) is 1. The van der Waals surface area contributed by atoms with Crippen molar-refractivity contribution in [3.63, 3.8) is 0 Å². The lowest BCUT2D eigenvalue weighted by Gasteiger charge is -2.12. The molecule has 0 radical (unpaired) electrons. The van der Waals surface area contributed by atoms with Gasteiger partial charge in [-0.2, -0.15) is 0 Å². The Bertz CT molecular complexity index is 977. The third kappa shape index (κ3) is 5.06. The molecule has 0 aromatic heterocycles. The SMILES string of the molecule is O=C(O)COc1ccc(/C=C2\SC(=O)N(Cc3ccc(I)cc3)C2=O)cc1Cl. The molecule has 3 rings (SSSR count). The van der Waals surface area contributed by atoms with Gasteiger partial charge in [-0.3, -0.25) is 14.5 Å². The quantitative estimate of drug-likeness (QED) is 0.433. The Morgan fingerprint density at radius 2 is 1.93 bits per heavy atom. The Morgan fingerprint density at radius 1 is 1.21 bits per heavy atom. The number of thioether (sulfide) groups is 1. The van der Waals surface area contributed by atoms with E-state index in [4.69, 9.17) is 21.4 Å². The van der Waals surface area contributed by atoms with Gasteiger partial charge in [0.15, 0.2) is 6.61 Å². The molecule has 0 saturated carbocycles. The zero-order valence-corrected chi connectivity index (χ0v) is 18.0. The van der Waals surface area contributed by atoms with Crippen LogP contribution in [-0.2, 0) is 16.1 Å². The lowest BCUT2D eigenvalue weighted by Crippen LogP contribution is -2.27. The molecule has 1 N–H and O–H groups in total. The molecule has 28 heavy (non-hydrogen) atoms. The van der Waals surface area contributed by atoms with Crippen molar-refractivity contribution in [3.05, 3.63) is 67.1 Å². The fourth-order valence-electron chi connectivity index (χ4n) is 2.42. The van der Waals surface area contributed by atoms with E-state index in [-0.39, 0.29) is 28.5 Å².